The summed E-state index contributed by atoms with van der Waals surface area (Å²) in [5.41, 5.74) is 0. The van der Waals surface area contributed by atoms with E-state index in [-0.39, 0.29) is 6.10 Å². The molecule has 6 heteroatoms. The van der Waals surface area contributed by atoms with Crippen molar-refractivity contribution in [3.63, 3.8) is 0 Å². The van der Waals surface area contributed by atoms with E-state index in [4.69, 9.17) is 13.6 Å². The molecule has 4 nitrogen and oxygen atoms in total. The molecule has 0 saturated carbocycles. The van der Waals surface area contributed by atoms with Crippen molar-refractivity contribution >= 4 is 16.6 Å². The summed E-state index contributed by atoms with van der Waals surface area (Å²) in [4.78, 5) is 2.57. The van der Waals surface area contributed by atoms with E-state index in [9.17, 15) is 0 Å². The van der Waals surface area contributed by atoms with Crippen LogP contribution >= 0.6 is 0 Å². The van der Waals surface area contributed by atoms with Crippen molar-refractivity contribution in [2.24, 2.45) is 0 Å². The van der Waals surface area contributed by atoms with Gasteiger partial charge in [0, 0.05) is 32.1 Å². The van der Waals surface area contributed by atoms with Crippen LogP contribution in [-0.2, 0) is 13.6 Å². The summed E-state index contributed by atoms with van der Waals surface area (Å²) in [7, 11) is -3.17. The van der Waals surface area contributed by atoms with E-state index in [1.165, 1.54) is 6.42 Å². The standard InChI is InChI=1S/C15H35NO3Si2/c1-7-9-10-17-12-15-11-16(14-21(5,6)19-15)13-20(3,4)18-8-2/h15H,7-14H2,1-6H3. The number of hydrogen-bond acceptors (Lipinski definition) is 4. The molecule has 1 saturated heterocycles. The largest absolute Gasteiger partial charge is 0.416 e. The van der Waals surface area contributed by atoms with Gasteiger partial charge in [-0.25, -0.2) is 0 Å². The van der Waals surface area contributed by atoms with Crippen LogP contribution < -0.4 is 0 Å². The first kappa shape index (κ1) is 19.3. The van der Waals surface area contributed by atoms with Crippen LogP contribution in [0.15, 0.2) is 0 Å². The number of ether oxygens (including phenoxy) is 1. The maximum atomic E-state index is 6.31. The van der Waals surface area contributed by atoms with Gasteiger partial charge in [0.15, 0.2) is 8.32 Å². The SMILES string of the molecule is CCCCOCC1CN(C[Si](C)(C)OCC)C[Si](C)(C)O1. The lowest BCUT2D eigenvalue weighted by Gasteiger charge is -2.43. The van der Waals surface area contributed by atoms with Crippen molar-refractivity contribution in [3.8, 4) is 0 Å². The van der Waals surface area contributed by atoms with Crippen LogP contribution in [0.2, 0.25) is 26.2 Å². The molecule has 0 N–H and O–H groups in total. The molecule has 0 amide bonds. The summed E-state index contributed by atoms with van der Waals surface area (Å²) in [6, 6.07) is 0. The molecule has 1 aliphatic heterocycles. The van der Waals surface area contributed by atoms with Gasteiger partial charge in [0.05, 0.1) is 12.7 Å². The van der Waals surface area contributed by atoms with Crippen molar-refractivity contribution < 1.29 is 13.6 Å². The quantitative estimate of drug-likeness (QED) is 0.479. The Labute approximate surface area is 133 Å². The normalized spacial score (nSPS) is 23.4. The Kier molecular flexibility index (Phi) is 8.09. The summed E-state index contributed by atoms with van der Waals surface area (Å²) in [5.74, 6) is 0. The third kappa shape index (κ3) is 7.90. The zero-order valence-electron chi connectivity index (χ0n) is 14.9. The van der Waals surface area contributed by atoms with Gasteiger partial charge in [0.25, 0.3) is 0 Å². The van der Waals surface area contributed by atoms with Crippen molar-refractivity contribution in [1.29, 1.82) is 0 Å². The lowest BCUT2D eigenvalue weighted by atomic mass is 10.3. The number of rotatable bonds is 9. The highest BCUT2D eigenvalue weighted by molar-refractivity contribution is 6.73. The summed E-state index contributed by atoms with van der Waals surface area (Å²) in [5, 5.41) is 0. The molecule has 0 spiro atoms. The third-order valence-electron chi connectivity index (χ3n) is 3.64. The average Bonchev–Trinajstić information content (AvgIpc) is 2.31. The molecular weight excluding hydrogens is 298 g/mol. The van der Waals surface area contributed by atoms with Gasteiger partial charge in [-0.15, -0.1) is 0 Å². The highest BCUT2D eigenvalue weighted by Crippen LogP contribution is 2.20. The fourth-order valence-corrected chi connectivity index (χ4v) is 7.91. The van der Waals surface area contributed by atoms with Gasteiger partial charge >= 0.3 is 0 Å². The molecule has 1 atom stereocenters. The molecule has 0 radical (unpaired) electrons. The van der Waals surface area contributed by atoms with Gasteiger partial charge in [-0.2, -0.15) is 0 Å². The van der Waals surface area contributed by atoms with Crippen molar-refractivity contribution in [1.82, 2.24) is 4.90 Å². The van der Waals surface area contributed by atoms with Gasteiger partial charge < -0.3 is 18.5 Å². The Morgan fingerprint density at radius 1 is 1.29 bits per heavy atom. The first-order valence-corrected chi connectivity index (χ1v) is 14.6. The monoisotopic (exact) mass is 333 g/mol. The van der Waals surface area contributed by atoms with Crippen LogP contribution in [0.1, 0.15) is 26.7 Å². The third-order valence-corrected chi connectivity index (χ3v) is 8.10. The Morgan fingerprint density at radius 3 is 2.62 bits per heavy atom. The predicted octanol–water partition coefficient (Wildman–Crippen LogP) is 3.03. The van der Waals surface area contributed by atoms with Crippen molar-refractivity contribution in [2.75, 3.05) is 38.7 Å². The van der Waals surface area contributed by atoms with E-state index in [0.29, 0.717) is 0 Å². The molecule has 0 aromatic rings. The fourth-order valence-electron chi connectivity index (χ4n) is 3.06. The zero-order valence-corrected chi connectivity index (χ0v) is 16.9. The van der Waals surface area contributed by atoms with Crippen LogP contribution in [0.5, 0.6) is 0 Å². The number of nitrogens with zero attached hydrogens (tertiary/aromatic N) is 1. The Hall–Kier alpha value is 0.274. The molecule has 21 heavy (non-hydrogen) atoms. The Morgan fingerprint density at radius 2 is 2.00 bits per heavy atom. The molecule has 1 fully saturated rings. The predicted molar refractivity (Wildman–Crippen MR) is 93.6 cm³/mol. The second-order valence-electron chi connectivity index (χ2n) is 7.29. The molecule has 126 valence electrons. The second kappa shape index (κ2) is 8.79. The molecule has 1 unspecified atom stereocenters. The van der Waals surface area contributed by atoms with E-state index >= 15 is 0 Å². The summed E-state index contributed by atoms with van der Waals surface area (Å²) in [6.07, 6.45) is 4.78. The maximum absolute atomic E-state index is 6.31. The Bertz CT molecular complexity index is 301. The zero-order chi connectivity index (χ0) is 15.9. The fraction of sp³-hybridized carbons (Fsp3) is 1.00. The molecule has 1 heterocycles. The Balaban J connectivity index is 2.49. The lowest BCUT2D eigenvalue weighted by molar-refractivity contribution is 0.0124. The van der Waals surface area contributed by atoms with Gasteiger partial charge in [-0.1, -0.05) is 13.3 Å². The topological polar surface area (TPSA) is 30.9 Å². The molecule has 1 aliphatic rings. The van der Waals surface area contributed by atoms with Crippen molar-refractivity contribution in [3.05, 3.63) is 0 Å². The molecular formula is C15H35NO3Si2. The maximum Gasteiger partial charge on any atom is 0.201 e. The second-order valence-corrected chi connectivity index (χ2v) is 15.5. The van der Waals surface area contributed by atoms with E-state index in [1.54, 1.807) is 0 Å². The van der Waals surface area contributed by atoms with E-state index in [2.05, 4.69) is 44.9 Å². The van der Waals surface area contributed by atoms with Crippen LogP contribution in [-0.4, -0.2) is 66.3 Å². The summed E-state index contributed by atoms with van der Waals surface area (Å²) < 4.78 is 18.1. The van der Waals surface area contributed by atoms with E-state index in [1.807, 2.05) is 0 Å². The van der Waals surface area contributed by atoms with Gasteiger partial charge in [-0.05, 0) is 39.5 Å². The minimum Gasteiger partial charge on any atom is -0.416 e. The van der Waals surface area contributed by atoms with Gasteiger partial charge in [0.1, 0.15) is 0 Å². The summed E-state index contributed by atoms with van der Waals surface area (Å²) >= 11 is 0. The number of unbranched alkanes of at least 4 members (excludes halogenated alkanes) is 1. The van der Waals surface area contributed by atoms with E-state index in [0.717, 1.165) is 45.1 Å². The molecule has 0 aromatic heterocycles. The molecule has 0 aliphatic carbocycles. The smallest absolute Gasteiger partial charge is 0.201 e. The first-order chi connectivity index (χ1) is 9.78. The average molecular weight is 334 g/mol. The highest BCUT2D eigenvalue weighted by atomic mass is 28.4. The molecule has 0 bridgehead atoms. The molecule has 0 aromatic carbocycles. The first-order valence-electron chi connectivity index (χ1n) is 8.40. The van der Waals surface area contributed by atoms with Crippen LogP contribution in [0.4, 0.5) is 0 Å². The van der Waals surface area contributed by atoms with Crippen LogP contribution in [0, 0.1) is 0 Å². The minimum atomic E-state index is -1.60. The van der Waals surface area contributed by atoms with Crippen LogP contribution in [0.3, 0.4) is 0 Å². The van der Waals surface area contributed by atoms with E-state index < -0.39 is 16.6 Å². The van der Waals surface area contributed by atoms with Gasteiger partial charge in [-0.3, -0.25) is 0 Å². The van der Waals surface area contributed by atoms with Crippen LogP contribution in [0.25, 0.3) is 0 Å². The van der Waals surface area contributed by atoms with Gasteiger partial charge in [0.2, 0.25) is 8.32 Å². The van der Waals surface area contributed by atoms with Crippen molar-refractivity contribution in [2.45, 2.75) is 59.0 Å². The number of hydrogen-bond donors (Lipinski definition) is 0. The molecule has 1 rings (SSSR count). The summed E-state index contributed by atoms with van der Waals surface area (Å²) in [6.45, 7) is 17.0. The minimum absolute atomic E-state index is 0.240. The lowest BCUT2D eigenvalue weighted by Crippen LogP contribution is -2.60. The highest BCUT2D eigenvalue weighted by Gasteiger charge is 2.38.